The van der Waals surface area contributed by atoms with Crippen molar-refractivity contribution in [1.82, 2.24) is 9.55 Å². The van der Waals surface area contributed by atoms with Crippen LogP contribution in [0.1, 0.15) is 34.1 Å². The van der Waals surface area contributed by atoms with Crippen molar-refractivity contribution >= 4 is 34.3 Å². The van der Waals surface area contributed by atoms with Gasteiger partial charge in [-0.15, -0.1) is 0 Å². The van der Waals surface area contributed by atoms with Crippen LogP contribution >= 0.6 is 23.4 Å². The second kappa shape index (κ2) is 8.54. The minimum atomic E-state index is -0.850. The highest BCUT2D eigenvalue weighted by molar-refractivity contribution is 7.99. The van der Waals surface area contributed by atoms with Crippen LogP contribution < -0.4 is 5.56 Å². The molecule has 1 heterocycles. The summed E-state index contributed by atoms with van der Waals surface area (Å²) in [6.07, 6.45) is 0.882. The summed E-state index contributed by atoms with van der Waals surface area (Å²) in [7, 11) is 0. The van der Waals surface area contributed by atoms with Gasteiger partial charge in [-0.2, -0.15) is 0 Å². The van der Waals surface area contributed by atoms with Gasteiger partial charge in [0.1, 0.15) is 0 Å². The number of aliphatic hydroxyl groups is 1. The number of ether oxygens (including phenoxy) is 1. The Labute approximate surface area is 157 Å². The first kappa shape index (κ1) is 20.2. The Hall–Kier alpha value is -1.08. The molecule has 7 heteroatoms. The number of hydrogen-bond donors (Lipinski definition) is 1. The molecule has 0 aliphatic heterocycles. The molecule has 0 aliphatic rings. The molecule has 2 rings (SSSR count). The van der Waals surface area contributed by atoms with E-state index in [9.17, 15) is 9.90 Å². The highest BCUT2D eigenvalue weighted by Crippen LogP contribution is 2.23. The van der Waals surface area contributed by atoms with Gasteiger partial charge in [-0.1, -0.05) is 23.4 Å². The van der Waals surface area contributed by atoms with Crippen molar-refractivity contribution in [2.75, 3.05) is 12.4 Å². The van der Waals surface area contributed by atoms with Crippen LogP contribution in [0.3, 0.4) is 0 Å². The lowest BCUT2D eigenvalue weighted by molar-refractivity contribution is 0.0743. The fourth-order valence-electron chi connectivity index (χ4n) is 2.26. The van der Waals surface area contributed by atoms with Crippen LogP contribution in [0.25, 0.3) is 10.9 Å². The fraction of sp³-hybridized carbons (Fsp3) is 0.556. The van der Waals surface area contributed by atoms with Gasteiger partial charge in [-0.05, 0) is 52.3 Å². The topological polar surface area (TPSA) is 64.3 Å². The molecule has 0 spiro atoms. The second-order valence-corrected chi connectivity index (χ2v) is 8.27. The van der Waals surface area contributed by atoms with E-state index in [1.807, 2.05) is 13.8 Å². The number of thioether (sulfide) groups is 1. The summed E-state index contributed by atoms with van der Waals surface area (Å²) in [5, 5.41) is 11.7. The Bertz CT molecular complexity index is 784. The molecule has 0 atom stereocenters. The molecule has 0 fully saturated rings. The second-order valence-electron chi connectivity index (χ2n) is 6.89. The van der Waals surface area contributed by atoms with Crippen LogP contribution in [0.2, 0.25) is 5.02 Å². The first-order valence-electron chi connectivity index (χ1n) is 8.34. The van der Waals surface area contributed by atoms with Crippen molar-refractivity contribution in [2.24, 2.45) is 0 Å². The van der Waals surface area contributed by atoms with E-state index in [0.29, 0.717) is 40.0 Å². The normalized spacial score (nSPS) is 12.3. The largest absolute Gasteiger partial charge is 0.390 e. The summed E-state index contributed by atoms with van der Waals surface area (Å²) < 4.78 is 7.22. The smallest absolute Gasteiger partial charge is 0.262 e. The van der Waals surface area contributed by atoms with E-state index in [1.165, 1.54) is 11.8 Å². The number of rotatable bonds is 8. The highest BCUT2D eigenvalue weighted by Gasteiger charge is 2.17. The summed E-state index contributed by atoms with van der Waals surface area (Å²) in [4.78, 5) is 17.5. The Morgan fingerprint density at radius 1 is 1.40 bits per heavy atom. The van der Waals surface area contributed by atoms with Gasteiger partial charge in [0.25, 0.3) is 5.56 Å². The lowest BCUT2D eigenvalue weighted by atomic mass is 10.2. The predicted molar refractivity (Wildman–Crippen MR) is 104 cm³/mol. The SMILES string of the molecule is CC(C)OCCCn1c(SCC(C)(C)O)nc2cc(Cl)ccc2c1=O. The molecule has 1 N–H and O–H groups in total. The minimum absolute atomic E-state index is 0.0931. The van der Waals surface area contributed by atoms with E-state index < -0.39 is 5.60 Å². The summed E-state index contributed by atoms with van der Waals surface area (Å²) in [5.74, 6) is 0.438. The lowest BCUT2D eigenvalue weighted by Gasteiger charge is -2.18. The average Bonchev–Trinajstić information content (AvgIpc) is 2.50. The van der Waals surface area contributed by atoms with E-state index in [-0.39, 0.29) is 11.7 Å². The number of fused-ring (bicyclic) bond motifs is 1. The first-order chi connectivity index (χ1) is 11.7. The zero-order valence-electron chi connectivity index (χ0n) is 15.1. The monoisotopic (exact) mass is 384 g/mol. The van der Waals surface area contributed by atoms with Crippen LogP contribution in [0, 0.1) is 0 Å². The van der Waals surface area contributed by atoms with Gasteiger partial charge in [-0.25, -0.2) is 4.98 Å². The first-order valence-corrected chi connectivity index (χ1v) is 9.70. The Morgan fingerprint density at radius 2 is 2.12 bits per heavy atom. The molecular formula is C18H25ClN2O3S. The van der Waals surface area contributed by atoms with Crippen molar-refractivity contribution in [1.29, 1.82) is 0 Å². The summed E-state index contributed by atoms with van der Waals surface area (Å²) in [6.45, 7) is 8.54. The third kappa shape index (κ3) is 5.99. The number of aromatic nitrogens is 2. The molecule has 0 bridgehead atoms. The third-order valence-electron chi connectivity index (χ3n) is 3.41. The molecule has 0 amide bonds. The van der Waals surface area contributed by atoms with Crippen molar-refractivity contribution < 1.29 is 9.84 Å². The van der Waals surface area contributed by atoms with Crippen LogP contribution in [0.4, 0.5) is 0 Å². The van der Waals surface area contributed by atoms with Crippen molar-refractivity contribution in [3.8, 4) is 0 Å². The third-order valence-corrected chi connectivity index (χ3v) is 5.07. The molecule has 0 aliphatic carbocycles. The van der Waals surface area contributed by atoms with E-state index in [0.717, 1.165) is 6.42 Å². The van der Waals surface area contributed by atoms with Crippen LogP contribution in [0.15, 0.2) is 28.2 Å². The maximum atomic E-state index is 12.9. The molecule has 0 radical (unpaired) electrons. The molecule has 1 aromatic heterocycles. The molecule has 2 aromatic rings. The summed E-state index contributed by atoms with van der Waals surface area (Å²) in [5.41, 5.74) is -0.369. The van der Waals surface area contributed by atoms with E-state index >= 15 is 0 Å². The Balaban J connectivity index is 2.35. The van der Waals surface area contributed by atoms with Gasteiger partial charge in [-0.3, -0.25) is 9.36 Å². The van der Waals surface area contributed by atoms with Crippen molar-refractivity contribution in [3.05, 3.63) is 33.6 Å². The van der Waals surface area contributed by atoms with Gasteiger partial charge in [0.05, 0.1) is 22.6 Å². The summed E-state index contributed by atoms with van der Waals surface area (Å²) >= 11 is 7.40. The van der Waals surface area contributed by atoms with Gasteiger partial charge in [0.2, 0.25) is 0 Å². The van der Waals surface area contributed by atoms with Crippen molar-refractivity contribution in [2.45, 2.75) is 57.5 Å². The number of halogens is 1. The molecule has 1 aromatic carbocycles. The molecular weight excluding hydrogens is 360 g/mol. The molecule has 5 nitrogen and oxygen atoms in total. The standard InChI is InChI=1S/C18H25ClN2O3S/c1-12(2)24-9-5-8-21-16(22)14-7-6-13(19)10-15(14)20-17(21)25-11-18(3,4)23/h6-7,10,12,23H,5,8-9,11H2,1-4H3. The Morgan fingerprint density at radius 3 is 2.76 bits per heavy atom. The number of nitrogens with zero attached hydrogens (tertiary/aromatic N) is 2. The fourth-order valence-corrected chi connectivity index (χ4v) is 3.41. The van der Waals surface area contributed by atoms with E-state index in [4.69, 9.17) is 16.3 Å². The van der Waals surface area contributed by atoms with Gasteiger partial charge >= 0.3 is 0 Å². The maximum Gasteiger partial charge on any atom is 0.262 e. The number of benzene rings is 1. The van der Waals surface area contributed by atoms with Crippen molar-refractivity contribution in [3.63, 3.8) is 0 Å². The van der Waals surface area contributed by atoms with E-state index in [2.05, 4.69) is 4.98 Å². The molecule has 25 heavy (non-hydrogen) atoms. The highest BCUT2D eigenvalue weighted by atomic mass is 35.5. The predicted octanol–water partition coefficient (Wildman–Crippen LogP) is 3.73. The Kier molecular flexibility index (Phi) is 6.91. The molecule has 0 unspecified atom stereocenters. The zero-order valence-corrected chi connectivity index (χ0v) is 16.7. The maximum absolute atomic E-state index is 12.9. The quantitative estimate of drug-likeness (QED) is 0.427. The zero-order chi connectivity index (χ0) is 18.6. The van der Waals surface area contributed by atoms with Crippen LogP contribution in [0.5, 0.6) is 0 Å². The van der Waals surface area contributed by atoms with Gasteiger partial charge in [0, 0.05) is 23.9 Å². The van der Waals surface area contributed by atoms with Gasteiger partial charge in [0.15, 0.2) is 5.16 Å². The van der Waals surface area contributed by atoms with Gasteiger partial charge < -0.3 is 9.84 Å². The van der Waals surface area contributed by atoms with Crippen LogP contribution in [-0.2, 0) is 11.3 Å². The molecule has 0 saturated heterocycles. The average molecular weight is 385 g/mol. The molecule has 0 saturated carbocycles. The number of hydrogen-bond acceptors (Lipinski definition) is 5. The summed E-state index contributed by atoms with van der Waals surface area (Å²) in [6, 6.07) is 5.10. The van der Waals surface area contributed by atoms with Crippen LogP contribution in [-0.4, -0.2) is 38.7 Å². The minimum Gasteiger partial charge on any atom is -0.390 e. The molecule has 138 valence electrons. The lowest BCUT2D eigenvalue weighted by Crippen LogP contribution is -2.26. The van der Waals surface area contributed by atoms with E-state index in [1.54, 1.807) is 36.6 Å².